The van der Waals surface area contributed by atoms with E-state index < -0.39 is 9.84 Å². The van der Waals surface area contributed by atoms with E-state index in [0.717, 1.165) is 5.56 Å². The first-order chi connectivity index (χ1) is 11.9. The maximum atomic E-state index is 12.4. The second-order valence-electron chi connectivity index (χ2n) is 6.12. The van der Waals surface area contributed by atoms with Gasteiger partial charge >= 0.3 is 0 Å². The van der Waals surface area contributed by atoms with Crippen LogP contribution < -0.4 is 5.32 Å². The lowest BCUT2D eigenvalue weighted by Gasteiger charge is -2.22. The van der Waals surface area contributed by atoms with Crippen molar-refractivity contribution in [1.82, 2.24) is 15.1 Å². The summed E-state index contributed by atoms with van der Waals surface area (Å²) >= 11 is 0. The van der Waals surface area contributed by atoms with Crippen LogP contribution in [0, 0.1) is 0 Å². The number of anilines is 1. The van der Waals surface area contributed by atoms with Crippen LogP contribution in [0.15, 0.2) is 42.5 Å². The first-order valence-corrected chi connectivity index (χ1v) is 9.86. The van der Waals surface area contributed by atoms with Gasteiger partial charge in [-0.2, -0.15) is 0 Å². The molecule has 1 aromatic heterocycles. The molecule has 2 aromatic rings. The minimum atomic E-state index is -3.04. The molecule has 0 spiro atoms. The van der Waals surface area contributed by atoms with Gasteiger partial charge in [0.05, 0.1) is 11.5 Å². The summed E-state index contributed by atoms with van der Waals surface area (Å²) < 4.78 is 23.1. The standard InChI is InChI=1S/C17H20N4O3S/c1-21(14-9-10-25(23,24)12-14)17(22)15-7-8-16(20-19-15)18-11-13-5-3-2-4-6-13/h2-8,14H,9-12H2,1H3,(H,18,20). The van der Waals surface area contributed by atoms with Gasteiger partial charge < -0.3 is 10.2 Å². The highest BCUT2D eigenvalue weighted by molar-refractivity contribution is 7.91. The predicted molar refractivity (Wildman–Crippen MR) is 95.0 cm³/mol. The monoisotopic (exact) mass is 360 g/mol. The van der Waals surface area contributed by atoms with Gasteiger partial charge in [-0.25, -0.2) is 8.42 Å². The highest BCUT2D eigenvalue weighted by atomic mass is 32.2. The van der Waals surface area contributed by atoms with Gasteiger partial charge in [0.15, 0.2) is 15.5 Å². The highest BCUT2D eigenvalue weighted by Gasteiger charge is 2.33. The Morgan fingerprint density at radius 2 is 1.96 bits per heavy atom. The van der Waals surface area contributed by atoms with Crippen LogP contribution in [0.3, 0.4) is 0 Å². The molecule has 0 saturated carbocycles. The topological polar surface area (TPSA) is 92.3 Å². The quantitative estimate of drug-likeness (QED) is 0.865. The second kappa shape index (κ2) is 7.18. The molecule has 1 saturated heterocycles. The molecule has 132 valence electrons. The van der Waals surface area contributed by atoms with E-state index in [2.05, 4.69) is 15.5 Å². The van der Waals surface area contributed by atoms with Crippen LogP contribution >= 0.6 is 0 Å². The molecule has 8 heteroatoms. The summed E-state index contributed by atoms with van der Waals surface area (Å²) in [6, 6.07) is 12.9. The Hall–Kier alpha value is -2.48. The molecule has 2 heterocycles. The van der Waals surface area contributed by atoms with Crippen molar-refractivity contribution in [2.45, 2.75) is 19.0 Å². The highest BCUT2D eigenvalue weighted by Crippen LogP contribution is 2.18. The minimum absolute atomic E-state index is 0.0133. The molecule has 0 aliphatic carbocycles. The summed E-state index contributed by atoms with van der Waals surface area (Å²) in [4.78, 5) is 13.9. The zero-order valence-corrected chi connectivity index (χ0v) is 14.7. The number of hydrogen-bond acceptors (Lipinski definition) is 6. The van der Waals surface area contributed by atoms with Gasteiger partial charge in [-0.3, -0.25) is 4.79 Å². The molecule has 1 aliphatic rings. The number of carbonyl (C=O) groups is 1. The van der Waals surface area contributed by atoms with Crippen LogP contribution in [-0.4, -0.2) is 54.0 Å². The summed E-state index contributed by atoms with van der Waals surface area (Å²) in [5.41, 5.74) is 1.32. The van der Waals surface area contributed by atoms with Gasteiger partial charge in [0, 0.05) is 19.6 Å². The fourth-order valence-electron chi connectivity index (χ4n) is 2.76. The Balaban J connectivity index is 1.60. The molecule has 3 rings (SSSR count). The van der Waals surface area contributed by atoms with E-state index in [-0.39, 0.29) is 29.1 Å². The predicted octanol–water partition coefficient (Wildman–Crippen LogP) is 1.35. The number of rotatable bonds is 5. The van der Waals surface area contributed by atoms with Gasteiger partial charge in [0.25, 0.3) is 5.91 Å². The van der Waals surface area contributed by atoms with E-state index >= 15 is 0 Å². The van der Waals surface area contributed by atoms with Gasteiger partial charge in [-0.05, 0) is 24.1 Å². The van der Waals surface area contributed by atoms with Crippen LogP contribution in [0.1, 0.15) is 22.5 Å². The summed E-state index contributed by atoms with van der Waals surface area (Å²) in [6.07, 6.45) is 0.467. The first-order valence-electron chi connectivity index (χ1n) is 8.04. The third-order valence-electron chi connectivity index (χ3n) is 4.28. The molecule has 1 fully saturated rings. The third-order valence-corrected chi connectivity index (χ3v) is 6.03. The summed E-state index contributed by atoms with van der Waals surface area (Å²) in [6.45, 7) is 0.614. The molecule has 1 atom stereocenters. The number of aromatic nitrogens is 2. The molecule has 0 radical (unpaired) electrons. The van der Waals surface area contributed by atoms with Crippen molar-refractivity contribution in [3.8, 4) is 0 Å². The van der Waals surface area contributed by atoms with E-state index in [9.17, 15) is 13.2 Å². The van der Waals surface area contributed by atoms with Gasteiger partial charge in [-0.1, -0.05) is 30.3 Å². The number of nitrogens with zero attached hydrogens (tertiary/aromatic N) is 3. The lowest BCUT2D eigenvalue weighted by atomic mass is 10.2. The van der Waals surface area contributed by atoms with Crippen LogP contribution in [0.5, 0.6) is 0 Å². The maximum absolute atomic E-state index is 12.4. The number of sulfone groups is 1. The zero-order valence-electron chi connectivity index (χ0n) is 13.9. The molecular formula is C17H20N4O3S. The smallest absolute Gasteiger partial charge is 0.274 e. The number of hydrogen-bond donors (Lipinski definition) is 1. The Kier molecular flexibility index (Phi) is 4.98. The molecule has 1 unspecified atom stereocenters. The molecule has 25 heavy (non-hydrogen) atoms. The van der Waals surface area contributed by atoms with Crippen LogP contribution in [0.2, 0.25) is 0 Å². The third kappa shape index (κ3) is 4.33. The van der Waals surface area contributed by atoms with E-state index in [1.807, 2.05) is 30.3 Å². The van der Waals surface area contributed by atoms with E-state index in [0.29, 0.717) is 18.8 Å². The fraction of sp³-hybridized carbons (Fsp3) is 0.353. The van der Waals surface area contributed by atoms with Gasteiger partial charge in [0.2, 0.25) is 0 Å². The summed E-state index contributed by atoms with van der Waals surface area (Å²) in [5.74, 6) is 0.401. The number of nitrogens with one attached hydrogen (secondary N) is 1. The summed E-state index contributed by atoms with van der Waals surface area (Å²) in [5, 5.41) is 11.1. The SMILES string of the molecule is CN(C(=O)c1ccc(NCc2ccccc2)nn1)C1CCS(=O)(=O)C1. The van der Waals surface area contributed by atoms with Crippen LogP contribution in [0.4, 0.5) is 5.82 Å². The first kappa shape index (κ1) is 17.3. The lowest BCUT2D eigenvalue weighted by molar-refractivity contribution is 0.0740. The van der Waals surface area contributed by atoms with Gasteiger partial charge in [0.1, 0.15) is 5.82 Å². The Labute approximate surface area is 147 Å². The average molecular weight is 360 g/mol. The summed E-state index contributed by atoms with van der Waals surface area (Å²) in [7, 11) is -1.43. The van der Waals surface area contributed by atoms with Crippen molar-refractivity contribution < 1.29 is 13.2 Å². The molecule has 0 bridgehead atoms. The molecule has 1 N–H and O–H groups in total. The molecular weight excluding hydrogens is 340 g/mol. The van der Waals surface area contributed by atoms with Gasteiger partial charge in [-0.15, -0.1) is 10.2 Å². The van der Waals surface area contributed by atoms with Crippen LogP contribution in [0.25, 0.3) is 0 Å². The fourth-order valence-corrected chi connectivity index (χ4v) is 4.53. The normalized spacial score (nSPS) is 18.7. The average Bonchev–Trinajstić information content (AvgIpc) is 3.00. The molecule has 7 nitrogen and oxygen atoms in total. The molecule has 1 aromatic carbocycles. The van der Waals surface area contributed by atoms with Crippen molar-refractivity contribution in [1.29, 1.82) is 0 Å². The van der Waals surface area contributed by atoms with Crippen molar-refractivity contribution in [3.63, 3.8) is 0 Å². The lowest BCUT2D eigenvalue weighted by Crippen LogP contribution is -2.38. The Morgan fingerprint density at radius 3 is 2.56 bits per heavy atom. The van der Waals surface area contributed by atoms with Crippen molar-refractivity contribution in [3.05, 3.63) is 53.7 Å². The Morgan fingerprint density at radius 1 is 1.20 bits per heavy atom. The van der Waals surface area contributed by atoms with Crippen molar-refractivity contribution in [2.24, 2.45) is 0 Å². The minimum Gasteiger partial charge on any atom is -0.365 e. The largest absolute Gasteiger partial charge is 0.365 e. The molecule has 1 amide bonds. The second-order valence-corrected chi connectivity index (χ2v) is 8.34. The number of benzene rings is 1. The zero-order chi connectivity index (χ0) is 17.9. The van der Waals surface area contributed by atoms with E-state index in [4.69, 9.17) is 0 Å². The van der Waals surface area contributed by atoms with E-state index in [1.165, 1.54) is 4.90 Å². The van der Waals surface area contributed by atoms with Crippen LogP contribution in [-0.2, 0) is 16.4 Å². The van der Waals surface area contributed by atoms with Crippen molar-refractivity contribution in [2.75, 3.05) is 23.9 Å². The van der Waals surface area contributed by atoms with Crippen molar-refractivity contribution >= 4 is 21.6 Å². The van der Waals surface area contributed by atoms with E-state index in [1.54, 1.807) is 19.2 Å². The number of amides is 1. The number of carbonyl (C=O) groups excluding carboxylic acids is 1. The molecule has 1 aliphatic heterocycles. The maximum Gasteiger partial charge on any atom is 0.274 e. The Bertz CT molecular complexity index is 838.